The van der Waals surface area contributed by atoms with Crippen LogP contribution in [0.1, 0.15) is 44.1 Å². The minimum atomic E-state index is -0.560. The number of nitrogens with zero attached hydrogens (tertiary/aromatic N) is 5. The van der Waals surface area contributed by atoms with Crippen molar-refractivity contribution in [1.82, 2.24) is 19.9 Å². The predicted octanol–water partition coefficient (Wildman–Crippen LogP) is 2.34. The maximum Gasteiger partial charge on any atom is 0.359 e. The van der Waals surface area contributed by atoms with Gasteiger partial charge in [-0.15, -0.1) is 0 Å². The van der Waals surface area contributed by atoms with Crippen LogP contribution in [0.25, 0.3) is 0 Å². The molecule has 28 heavy (non-hydrogen) atoms. The molecule has 0 amide bonds. The molecule has 1 fully saturated rings. The summed E-state index contributed by atoms with van der Waals surface area (Å²) in [6.07, 6.45) is 6.74. The first-order valence-electron chi connectivity index (χ1n) is 9.41. The van der Waals surface area contributed by atoms with Crippen molar-refractivity contribution in [3.63, 3.8) is 0 Å². The fourth-order valence-corrected chi connectivity index (χ4v) is 3.07. The fraction of sp³-hybridized carbons (Fsp3) is 0.526. The molecule has 0 aromatic carbocycles. The summed E-state index contributed by atoms with van der Waals surface area (Å²) in [5, 5.41) is 6.35. The van der Waals surface area contributed by atoms with Gasteiger partial charge in [-0.1, -0.05) is 0 Å². The molecule has 150 valence electrons. The van der Waals surface area contributed by atoms with E-state index in [1.165, 1.54) is 6.20 Å². The minimum Gasteiger partial charge on any atom is -0.455 e. The van der Waals surface area contributed by atoms with E-state index < -0.39 is 11.6 Å². The molecule has 1 saturated heterocycles. The second kappa shape index (κ2) is 8.37. The standard InChI is InChI=1S/C19H27N7O2/c1-19(2,3)28-18(27)14-10-23-16(11-21-14)22-9-13-6-5-7-26(13)17-8-15(20-4)24-12-25-17/h8,10-13H,5-7,9H2,1-4H3,(H,22,23)(H,20,24,25)/t13-/m0/s1. The van der Waals surface area contributed by atoms with Gasteiger partial charge in [-0.3, -0.25) is 0 Å². The number of anilines is 3. The quantitative estimate of drug-likeness (QED) is 0.725. The van der Waals surface area contributed by atoms with Crippen LogP contribution in [0.5, 0.6) is 0 Å². The van der Waals surface area contributed by atoms with E-state index in [9.17, 15) is 4.79 Å². The van der Waals surface area contributed by atoms with Crippen LogP contribution >= 0.6 is 0 Å². The number of nitrogens with one attached hydrogen (secondary N) is 2. The molecular formula is C19H27N7O2. The van der Waals surface area contributed by atoms with Crippen molar-refractivity contribution < 1.29 is 9.53 Å². The van der Waals surface area contributed by atoms with Gasteiger partial charge in [0.05, 0.1) is 12.4 Å². The summed E-state index contributed by atoms with van der Waals surface area (Å²) >= 11 is 0. The average molecular weight is 385 g/mol. The van der Waals surface area contributed by atoms with Gasteiger partial charge in [0.1, 0.15) is 29.4 Å². The first-order valence-corrected chi connectivity index (χ1v) is 9.41. The molecule has 3 rings (SSSR count). The Morgan fingerprint density at radius 1 is 1.21 bits per heavy atom. The lowest BCUT2D eigenvalue weighted by molar-refractivity contribution is 0.00624. The van der Waals surface area contributed by atoms with Crippen LogP contribution in [0, 0.1) is 0 Å². The Kier molecular flexibility index (Phi) is 5.91. The normalized spacial score (nSPS) is 16.7. The SMILES string of the molecule is CNc1cc(N2CCC[C@H]2CNc2cnc(C(=O)OC(C)(C)C)cn2)ncn1. The van der Waals surface area contributed by atoms with Gasteiger partial charge >= 0.3 is 5.97 Å². The van der Waals surface area contributed by atoms with Crippen LogP contribution in [0.2, 0.25) is 0 Å². The van der Waals surface area contributed by atoms with Crippen molar-refractivity contribution in [1.29, 1.82) is 0 Å². The summed E-state index contributed by atoms with van der Waals surface area (Å²) in [6, 6.07) is 2.25. The van der Waals surface area contributed by atoms with Gasteiger partial charge in [0, 0.05) is 32.2 Å². The molecule has 2 aromatic rings. The smallest absolute Gasteiger partial charge is 0.359 e. The zero-order valence-electron chi connectivity index (χ0n) is 16.8. The molecule has 0 aliphatic carbocycles. The number of carbonyl (C=O) groups excluding carboxylic acids is 1. The predicted molar refractivity (Wildman–Crippen MR) is 108 cm³/mol. The van der Waals surface area contributed by atoms with E-state index in [1.54, 1.807) is 12.5 Å². The number of carbonyl (C=O) groups is 1. The van der Waals surface area contributed by atoms with Crippen molar-refractivity contribution in [2.75, 3.05) is 35.7 Å². The van der Waals surface area contributed by atoms with E-state index in [4.69, 9.17) is 4.74 Å². The van der Waals surface area contributed by atoms with Gasteiger partial charge in [0.25, 0.3) is 0 Å². The molecule has 9 heteroatoms. The van der Waals surface area contributed by atoms with E-state index in [0.717, 1.165) is 31.0 Å². The van der Waals surface area contributed by atoms with Gasteiger partial charge in [-0.05, 0) is 33.6 Å². The van der Waals surface area contributed by atoms with Crippen molar-refractivity contribution in [2.24, 2.45) is 0 Å². The second-order valence-electron chi connectivity index (χ2n) is 7.67. The number of ether oxygens (including phenoxy) is 1. The largest absolute Gasteiger partial charge is 0.455 e. The van der Waals surface area contributed by atoms with Crippen LogP contribution in [0.15, 0.2) is 24.8 Å². The summed E-state index contributed by atoms with van der Waals surface area (Å²) in [4.78, 5) is 31.3. The minimum absolute atomic E-state index is 0.198. The maximum absolute atomic E-state index is 12.0. The van der Waals surface area contributed by atoms with Gasteiger partial charge < -0.3 is 20.3 Å². The summed E-state index contributed by atoms with van der Waals surface area (Å²) in [5.41, 5.74) is -0.362. The number of hydrogen-bond donors (Lipinski definition) is 2. The summed E-state index contributed by atoms with van der Waals surface area (Å²) in [5.74, 6) is 1.86. The summed E-state index contributed by atoms with van der Waals surface area (Å²) < 4.78 is 5.30. The van der Waals surface area contributed by atoms with Gasteiger partial charge in [0.2, 0.25) is 0 Å². The highest BCUT2D eigenvalue weighted by atomic mass is 16.6. The molecule has 3 heterocycles. The molecule has 2 N–H and O–H groups in total. The van der Waals surface area contributed by atoms with Crippen molar-refractivity contribution >= 4 is 23.4 Å². The lowest BCUT2D eigenvalue weighted by Crippen LogP contribution is -2.35. The molecule has 1 aliphatic heterocycles. The highest BCUT2D eigenvalue weighted by Crippen LogP contribution is 2.25. The Labute approximate surface area is 165 Å². The monoisotopic (exact) mass is 385 g/mol. The number of rotatable bonds is 6. The highest BCUT2D eigenvalue weighted by molar-refractivity contribution is 5.87. The maximum atomic E-state index is 12.0. The Balaban J connectivity index is 1.59. The Bertz CT molecular complexity index is 805. The zero-order valence-corrected chi connectivity index (χ0v) is 16.8. The third-order valence-electron chi connectivity index (χ3n) is 4.36. The molecule has 1 aliphatic rings. The zero-order chi connectivity index (χ0) is 20.1. The first kappa shape index (κ1) is 19.8. The van der Waals surface area contributed by atoms with Crippen LogP contribution in [0.3, 0.4) is 0 Å². The Morgan fingerprint density at radius 2 is 2.04 bits per heavy atom. The second-order valence-corrected chi connectivity index (χ2v) is 7.67. The Hall–Kier alpha value is -2.97. The third kappa shape index (κ3) is 5.05. The molecule has 1 atom stereocenters. The van der Waals surface area contributed by atoms with E-state index >= 15 is 0 Å². The molecule has 0 radical (unpaired) electrons. The number of aromatic nitrogens is 4. The molecule has 0 unspecified atom stereocenters. The molecule has 0 saturated carbocycles. The molecule has 0 spiro atoms. The van der Waals surface area contributed by atoms with Crippen LogP contribution in [0.4, 0.5) is 17.5 Å². The summed E-state index contributed by atoms with van der Waals surface area (Å²) in [6.45, 7) is 7.12. The summed E-state index contributed by atoms with van der Waals surface area (Å²) in [7, 11) is 1.84. The molecule has 9 nitrogen and oxygen atoms in total. The van der Waals surface area contributed by atoms with E-state index in [2.05, 4.69) is 35.5 Å². The van der Waals surface area contributed by atoms with Gasteiger partial charge in [-0.25, -0.2) is 24.7 Å². The van der Waals surface area contributed by atoms with Gasteiger partial charge in [0.15, 0.2) is 5.69 Å². The number of esters is 1. The van der Waals surface area contributed by atoms with E-state index in [0.29, 0.717) is 18.4 Å². The van der Waals surface area contributed by atoms with Crippen molar-refractivity contribution in [3.05, 3.63) is 30.5 Å². The van der Waals surface area contributed by atoms with Crippen molar-refractivity contribution in [2.45, 2.75) is 45.3 Å². The van der Waals surface area contributed by atoms with Crippen molar-refractivity contribution in [3.8, 4) is 0 Å². The average Bonchev–Trinajstić information content (AvgIpc) is 3.14. The van der Waals surface area contributed by atoms with Crippen LogP contribution in [-0.4, -0.2) is 57.7 Å². The highest BCUT2D eigenvalue weighted by Gasteiger charge is 2.26. The van der Waals surface area contributed by atoms with E-state index in [1.807, 2.05) is 33.9 Å². The van der Waals surface area contributed by atoms with E-state index in [-0.39, 0.29) is 5.69 Å². The van der Waals surface area contributed by atoms with Gasteiger partial charge in [-0.2, -0.15) is 0 Å². The molecule has 0 bridgehead atoms. The Morgan fingerprint density at radius 3 is 2.71 bits per heavy atom. The van der Waals surface area contributed by atoms with Crippen LogP contribution < -0.4 is 15.5 Å². The topological polar surface area (TPSA) is 105 Å². The first-order chi connectivity index (χ1) is 13.4. The molecular weight excluding hydrogens is 358 g/mol. The lowest BCUT2D eigenvalue weighted by Gasteiger charge is -2.26. The fourth-order valence-electron chi connectivity index (χ4n) is 3.07. The number of hydrogen-bond acceptors (Lipinski definition) is 9. The third-order valence-corrected chi connectivity index (χ3v) is 4.36. The molecule has 2 aromatic heterocycles. The van der Waals surface area contributed by atoms with Crippen LogP contribution in [-0.2, 0) is 4.74 Å². The lowest BCUT2D eigenvalue weighted by atomic mass is 10.2.